The van der Waals surface area contributed by atoms with Gasteiger partial charge in [0, 0.05) is 0 Å². The van der Waals surface area contributed by atoms with E-state index >= 15 is 0 Å². The third-order valence-electron chi connectivity index (χ3n) is 3.98. The van der Waals surface area contributed by atoms with Gasteiger partial charge in [0.15, 0.2) is 5.17 Å². The molecule has 1 fully saturated rings. The summed E-state index contributed by atoms with van der Waals surface area (Å²) >= 11 is 1.44. The van der Waals surface area contributed by atoms with E-state index in [9.17, 15) is 4.79 Å². The van der Waals surface area contributed by atoms with Gasteiger partial charge in [-0.3, -0.25) is 4.79 Å². The van der Waals surface area contributed by atoms with E-state index in [0.717, 1.165) is 11.1 Å². The normalized spacial score (nSPS) is 19.2. The molecule has 0 saturated carbocycles. The maximum atomic E-state index is 12.1. The maximum Gasteiger partial charge on any atom is 0.239 e. The van der Waals surface area contributed by atoms with Gasteiger partial charge in [0.25, 0.3) is 0 Å². The van der Waals surface area contributed by atoms with Crippen LogP contribution < -0.4 is 5.32 Å². The summed E-state index contributed by atoms with van der Waals surface area (Å²) in [5.74, 6) is -0.00639. The molecule has 0 aromatic heterocycles. The fourth-order valence-electron chi connectivity index (χ4n) is 2.50. The van der Waals surface area contributed by atoms with Crippen LogP contribution in [0.3, 0.4) is 0 Å². The summed E-state index contributed by atoms with van der Waals surface area (Å²) in [5.41, 5.74) is 4.55. The molecule has 1 unspecified atom stereocenters. The highest BCUT2D eigenvalue weighted by atomic mass is 32.2. The minimum atomic E-state index is -0.154. The first-order chi connectivity index (χ1) is 11.6. The van der Waals surface area contributed by atoms with Gasteiger partial charge >= 0.3 is 0 Å². The van der Waals surface area contributed by atoms with E-state index in [2.05, 4.69) is 34.6 Å². The molecular weight excluding hydrogens is 318 g/mol. The largest absolute Gasteiger partial charge is 0.303 e. The number of amidine groups is 1. The molecule has 122 valence electrons. The van der Waals surface area contributed by atoms with Crippen LogP contribution in [0.5, 0.6) is 0 Å². The minimum Gasteiger partial charge on any atom is -0.303 e. The number of thioether (sulfide) groups is 1. The third-order valence-corrected chi connectivity index (χ3v) is 5.05. The first kappa shape index (κ1) is 16.5. The zero-order valence-corrected chi connectivity index (χ0v) is 14.5. The zero-order chi connectivity index (χ0) is 16.9. The summed E-state index contributed by atoms with van der Waals surface area (Å²) in [5, 5.41) is 11.5. The van der Waals surface area contributed by atoms with Crippen molar-refractivity contribution in [3.05, 3.63) is 70.8 Å². The summed E-state index contributed by atoms with van der Waals surface area (Å²) in [7, 11) is 0. The molecule has 0 bridgehead atoms. The fraction of sp³-hybridized carbons (Fsp3) is 0.211. The van der Waals surface area contributed by atoms with Crippen molar-refractivity contribution in [2.75, 3.05) is 0 Å². The van der Waals surface area contributed by atoms with E-state index < -0.39 is 0 Å². The lowest BCUT2D eigenvalue weighted by molar-refractivity contribution is -0.118. The summed E-state index contributed by atoms with van der Waals surface area (Å²) in [6, 6.07) is 16.1. The molecule has 1 aliphatic rings. The van der Waals surface area contributed by atoms with Gasteiger partial charge in [-0.2, -0.15) is 5.10 Å². The van der Waals surface area contributed by atoms with E-state index in [1.54, 1.807) is 6.21 Å². The molecule has 4 nitrogen and oxygen atoms in total. The zero-order valence-electron chi connectivity index (χ0n) is 13.7. The molecule has 0 aliphatic carbocycles. The SMILES string of the molecule is Cc1ccccc1/C=N/N=C1/NC(=O)C(Cc2ccccc2C)S1. The Morgan fingerprint density at radius 2 is 1.79 bits per heavy atom. The molecule has 3 rings (SSSR count). The molecule has 0 spiro atoms. The molecule has 1 N–H and O–H groups in total. The first-order valence-corrected chi connectivity index (χ1v) is 8.70. The van der Waals surface area contributed by atoms with Gasteiger partial charge in [-0.05, 0) is 42.5 Å². The number of carbonyl (C=O) groups excluding carboxylic acids is 1. The number of hydrogen-bond donors (Lipinski definition) is 1. The third kappa shape index (κ3) is 3.92. The number of carbonyl (C=O) groups is 1. The lowest BCUT2D eigenvalue weighted by atomic mass is 10.0. The fourth-order valence-corrected chi connectivity index (χ4v) is 3.45. The van der Waals surface area contributed by atoms with Gasteiger partial charge in [0.1, 0.15) is 0 Å². The topological polar surface area (TPSA) is 53.8 Å². The van der Waals surface area contributed by atoms with Gasteiger partial charge in [0.05, 0.1) is 11.5 Å². The Bertz CT molecular complexity index is 814. The molecule has 1 heterocycles. The second-order valence-electron chi connectivity index (χ2n) is 5.73. The summed E-state index contributed by atoms with van der Waals surface area (Å²) in [6.45, 7) is 4.09. The van der Waals surface area contributed by atoms with Crippen molar-refractivity contribution < 1.29 is 4.79 Å². The second kappa shape index (κ2) is 7.45. The Morgan fingerprint density at radius 3 is 2.54 bits per heavy atom. The Morgan fingerprint density at radius 1 is 1.08 bits per heavy atom. The standard InChI is InChI=1S/C19H19N3OS/c1-13-7-3-5-9-15(13)11-17-18(23)21-19(24-17)22-20-12-16-10-6-4-8-14(16)2/h3-10,12,17H,11H2,1-2H3,(H,21,22,23)/b20-12+. The number of hydrogen-bond acceptors (Lipinski definition) is 4. The van der Waals surface area contributed by atoms with Gasteiger partial charge in [0.2, 0.25) is 5.91 Å². The lowest BCUT2D eigenvalue weighted by Gasteiger charge is -2.07. The van der Waals surface area contributed by atoms with Crippen molar-refractivity contribution in [1.82, 2.24) is 5.32 Å². The Kier molecular flexibility index (Phi) is 5.11. The van der Waals surface area contributed by atoms with Crippen LogP contribution in [-0.2, 0) is 11.2 Å². The van der Waals surface area contributed by atoms with E-state index in [1.165, 1.54) is 22.9 Å². The summed E-state index contributed by atoms with van der Waals surface area (Å²) < 4.78 is 0. The molecule has 0 radical (unpaired) electrons. The molecule has 1 saturated heterocycles. The molecular formula is C19H19N3OS. The first-order valence-electron chi connectivity index (χ1n) is 7.82. The van der Waals surface area contributed by atoms with Crippen molar-refractivity contribution in [2.45, 2.75) is 25.5 Å². The van der Waals surface area contributed by atoms with E-state index in [-0.39, 0.29) is 11.2 Å². The van der Waals surface area contributed by atoms with Gasteiger partial charge < -0.3 is 5.32 Å². The maximum absolute atomic E-state index is 12.1. The van der Waals surface area contributed by atoms with Crippen molar-refractivity contribution in [3.8, 4) is 0 Å². The number of benzene rings is 2. The van der Waals surface area contributed by atoms with Crippen molar-refractivity contribution in [2.24, 2.45) is 10.2 Å². The van der Waals surface area contributed by atoms with Crippen molar-refractivity contribution >= 4 is 29.1 Å². The van der Waals surface area contributed by atoms with Gasteiger partial charge in [-0.25, -0.2) is 0 Å². The molecule has 2 aromatic rings. The number of nitrogens with one attached hydrogen (secondary N) is 1. The number of amides is 1. The minimum absolute atomic E-state index is 0.00639. The number of rotatable bonds is 4. The highest BCUT2D eigenvalue weighted by Gasteiger charge is 2.30. The molecule has 1 atom stereocenters. The van der Waals surface area contributed by atoms with E-state index in [4.69, 9.17) is 0 Å². The van der Waals surface area contributed by atoms with Crippen LogP contribution >= 0.6 is 11.8 Å². The van der Waals surface area contributed by atoms with E-state index in [1.807, 2.05) is 43.3 Å². The number of aryl methyl sites for hydroxylation is 2. The number of nitrogens with zero attached hydrogens (tertiary/aromatic N) is 2. The van der Waals surface area contributed by atoms with Crippen LogP contribution in [0.25, 0.3) is 0 Å². The highest BCUT2D eigenvalue weighted by molar-refractivity contribution is 8.15. The van der Waals surface area contributed by atoms with Crippen LogP contribution in [-0.4, -0.2) is 22.5 Å². The predicted octanol–water partition coefficient (Wildman–Crippen LogP) is 3.47. The lowest BCUT2D eigenvalue weighted by Crippen LogP contribution is -2.26. The summed E-state index contributed by atoms with van der Waals surface area (Å²) in [6.07, 6.45) is 2.41. The smallest absolute Gasteiger partial charge is 0.239 e. The molecule has 2 aromatic carbocycles. The average Bonchev–Trinajstić information content (AvgIpc) is 2.91. The van der Waals surface area contributed by atoms with Crippen LogP contribution in [0.2, 0.25) is 0 Å². The van der Waals surface area contributed by atoms with Crippen LogP contribution in [0.1, 0.15) is 22.3 Å². The second-order valence-corrected chi connectivity index (χ2v) is 6.92. The van der Waals surface area contributed by atoms with E-state index in [0.29, 0.717) is 11.6 Å². The predicted molar refractivity (Wildman–Crippen MR) is 101 cm³/mol. The average molecular weight is 337 g/mol. The Labute approximate surface area is 146 Å². The van der Waals surface area contributed by atoms with Crippen LogP contribution in [0, 0.1) is 13.8 Å². The van der Waals surface area contributed by atoms with Crippen LogP contribution in [0.4, 0.5) is 0 Å². The Balaban J connectivity index is 1.66. The Hall–Kier alpha value is -2.40. The monoisotopic (exact) mass is 337 g/mol. The van der Waals surface area contributed by atoms with Gasteiger partial charge in [-0.1, -0.05) is 60.3 Å². The van der Waals surface area contributed by atoms with Crippen molar-refractivity contribution in [3.63, 3.8) is 0 Å². The molecule has 24 heavy (non-hydrogen) atoms. The molecule has 1 aliphatic heterocycles. The van der Waals surface area contributed by atoms with Gasteiger partial charge in [-0.15, -0.1) is 5.10 Å². The quantitative estimate of drug-likeness (QED) is 0.686. The highest BCUT2D eigenvalue weighted by Crippen LogP contribution is 2.24. The molecule has 5 heteroatoms. The van der Waals surface area contributed by atoms with Crippen LogP contribution in [0.15, 0.2) is 58.7 Å². The van der Waals surface area contributed by atoms with Crippen molar-refractivity contribution in [1.29, 1.82) is 0 Å². The summed E-state index contributed by atoms with van der Waals surface area (Å²) in [4.78, 5) is 12.1. The molecule has 1 amide bonds.